The van der Waals surface area contributed by atoms with Crippen LogP contribution in [0.15, 0.2) is 35.8 Å². The number of fused-ring (bicyclic) bond motifs is 1. The van der Waals surface area contributed by atoms with Gasteiger partial charge in [-0.1, -0.05) is 6.07 Å². The van der Waals surface area contributed by atoms with Gasteiger partial charge in [0.1, 0.15) is 16.3 Å². The van der Waals surface area contributed by atoms with Gasteiger partial charge in [-0.2, -0.15) is 0 Å². The molecule has 1 aliphatic carbocycles. The maximum Gasteiger partial charge on any atom is 0.181 e. The summed E-state index contributed by atoms with van der Waals surface area (Å²) in [5, 5.41) is 16.8. The van der Waals surface area contributed by atoms with Gasteiger partial charge >= 0.3 is 0 Å². The van der Waals surface area contributed by atoms with E-state index < -0.39 is 5.60 Å². The van der Waals surface area contributed by atoms with E-state index in [0.29, 0.717) is 11.9 Å². The van der Waals surface area contributed by atoms with E-state index in [9.17, 15) is 5.11 Å². The van der Waals surface area contributed by atoms with Crippen LogP contribution in [-0.4, -0.2) is 31.7 Å². The first-order valence-corrected chi connectivity index (χ1v) is 9.14. The molecule has 1 aliphatic rings. The topological polar surface area (TPSA) is 70.9 Å². The number of aromatic nitrogens is 3. The molecule has 0 bridgehead atoms. The number of pyridine rings is 1. The summed E-state index contributed by atoms with van der Waals surface area (Å²) >= 11 is 1.61. The summed E-state index contributed by atoms with van der Waals surface area (Å²) in [5.74, 6) is 1.52. The summed E-state index contributed by atoms with van der Waals surface area (Å²) in [6, 6.07) is 8.15. The molecule has 3 heterocycles. The Morgan fingerprint density at radius 3 is 2.79 bits per heavy atom. The fourth-order valence-corrected chi connectivity index (χ4v) is 3.92. The summed E-state index contributed by atoms with van der Waals surface area (Å²) in [4.78, 5) is 14.7. The SMILES string of the molecule is CC1(O)CCC(Nc2nc(-c3ccccn3)nc3sccc23)CC1. The number of nitrogens with zero attached hydrogens (tertiary/aromatic N) is 3. The largest absolute Gasteiger partial charge is 0.390 e. The molecule has 0 radical (unpaired) electrons. The molecule has 0 aromatic carbocycles. The van der Waals surface area contributed by atoms with Gasteiger partial charge in [0.05, 0.1) is 11.0 Å². The van der Waals surface area contributed by atoms with E-state index >= 15 is 0 Å². The summed E-state index contributed by atoms with van der Waals surface area (Å²) in [7, 11) is 0. The molecule has 5 nitrogen and oxygen atoms in total. The van der Waals surface area contributed by atoms with Crippen LogP contribution in [-0.2, 0) is 0 Å². The predicted molar refractivity (Wildman–Crippen MR) is 97.1 cm³/mol. The zero-order valence-electron chi connectivity index (χ0n) is 13.6. The second-order valence-corrected chi connectivity index (χ2v) is 7.56. The minimum Gasteiger partial charge on any atom is -0.390 e. The average Bonchev–Trinajstić information content (AvgIpc) is 3.06. The zero-order chi connectivity index (χ0) is 16.6. The molecule has 2 N–H and O–H groups in total. The van der Waals surface area contributed by atoms with Crippen LogP contribution in [0.1, 0.15) is 32.6 Å². The summed E-state index contributed by atoms with van der Waals surface area (Å²) in [6.45, 7) is 1.92. The van der Waals surface area contributed by atoms with E-state index in [1.807, 2.05) is 30.5 Å². The van der Waals surface area contributed by atoms with E-state index in [1.54, 1.807) is 17.5 Å². The Morgan fingerprint density at radius 2 is 2.04 bits per heavy atom. The Labute approximate surface area is 144 Å². The molecule has 0 amide bonds. The van der Waals surface area contributed by atoms with Gasteiger partial charge < -0.3 is 10.4 Å². The van der Waals surface area contributed by atoms with Crippen molar-refractivity contribution in [2.75, 3.05) is 5.32 Å². The lowest BCUT2D eigenvalue weighted by atomic mass is 9.83. The fourth-order valence-electron chi connectivity index (χ4n) is 3.15. The number of aliphatic hydroxyl groups is 1. The Bertz CT molecular complexity index is 837. The molecule has 0 aliphatic heterocycles. The molecular formula is C18H20N4OS. The van der Waals surface area contributed by atoms with Crippen molar-refractivity contribution in [1.29, 1.82) is 0 Å². The van der Waals surface area contributed by atoms with Gasteiger partial charge in [0, 0.05) is 12.2 Å². The van der Waals surface area contributed by atoms with Crippen molar-refractivity contribution < 1.29 is 5.11 Å². The van der Waals surface area contributed by atoms with Crippen molar-refractivity contribution in [3.05, 3.63) is 35.8 Å². The highest BCUT2D eigenvalue weighted by molar-refractivity contribution is 7.16. The predicted octanol–water partition coefficient (Wildman–Crippen LogP) is 3.86. The number of hydrogen-bond acceptors (Lipinski definition) is 6. The summed E-state index contributed by atoms with van der Waals surface area (Å²) in [6.07, 6.45) is 5.28. The lowest BCUT2D eigenvalue weighted by Crippen LogP contribution is -2.36. The van der Waals surface area contributed by atoms with Gasteiger partial charge in [0.2, 0.25) is 0 Å². The number of rotatable bonds is 3. The second-order valence-electron chi connectivity index (χ2n) is 6.67. The fraction of sp³-hybridized carbons (Fsp3) is 0.389. The van der Waals surface area contributed by atoms with Crippen molar-refractivity contribution >= 4 is 27.4 Å². The third kappa shape index (κ3) is 3.12. The van der Waals surface area contributed by atoms with E-state index in [-0.39, 0.29) is 0 Å². The normalized spacial score (nSPS) is 24.2. The van der Waals surface area contributed by atoms with Crippen LogP contribution >= 0.6 is 11.3 Å². The Morgan fingerprint density at radius 1 is 1.21 bits per heavy atom. The Balaban J connectivity index is 1.66. The van der Waals surface area contributed by atoms with Crippen LogP contribution in [0.25, 0.3) is 21.7 Å². The quantitative estimate of drug-likeness (QED) is 0.757. The minimum atomic E-state index is -0.527. The van der Waals surface area contributed by atoms with Gasteiger partial charge in [0.15, 0.2) is 5.82 Å². The first-order valence-electron chi connectivity index (χ1n) is 8.26. The first-order chi connectivity index (χ1) is 11.6. The Kier molecular flexibility index (Phi) is 3.94. The molecule has 0 unspecified atom stereocenters. The molecule has 0 spiro atoms. The van der Waals surface area contributed by atoms with Crippen molar-refractivity contribution in [2.24, 2.45) is 0 Å². The van der Waals surface area contributed by atoms with E-state index in [2.05, 4.69) is 21.4 Å². The molecule has 3 aromatic rings. The monoisotopic (exact) mass is 340 g/mol. The van der Waals surface area contributed by atoms with Crippen LogP contribution < -0.4 is 5.32 Å². The van der Waals surface area contributed by atoms with Crippen LogP contribution in [0.3, 0.4) is 0 Å². The van der Waals surface area contributed by atoms with Crippen LogP contribution in [0.4, 0.5) is 5.82 Å². The molecular weight excluding hydrogens is 320 g/mol. The molecule has 1 saturated carbocycles. The molecule has 24 heavy (non-hydrogen) atoms. The number of thiophene rings is 1. The van der Waals surface area contributed by atoms with E-state index in [0.717, 1.165) is 47.4 Å². The molecule has 4 rings (SSSR count). The van der Waals surface area contributed by atoms with Gasteiger partial charge in [-0.3, -0.25) is 4.98 Å². The molecule has 0 saturated heterocycles. The Hall–Kier alpha value is -2.05. The maximum atomic E-state index is 10.1. The summed E-state index contributed by atoms with van der Waals surface area (Å²) < 4.78 is 0. The minimum absolute atomic E-state index is 0.333. The van der Waals surface area contributed by atoms with Crippen LogP contribution in [0, 0.1) is 0 Å². The molecule has 3 aromatic heterocycles. The highest BCUT2D eigenvalue weighted by atomic mass is 32.1. The molecule has 1 fully saturated rings. The number of nitrogens with one attached hydrogen (secondary N) is 1. The second kappa shape index (κ2) is 6.11. The third-order valence-electron chi connectivity index (χ3n) is 4.62. The lowest BCUT2D eigenvalue weighted by molar-refractivity contribution is 0.0196. The maximum absolute atomic E-state index is 10.1. The van der Waals surface area contributed by atoms with Crippen LogP contribution in [0.2, 0.25) is 0 Å². The lowest BCUT2D eigenvalue weighted by Gasteiger charge is -2.33. The van der Waals surface area contributed by atoms with Gasteiger partial charge in [-0.25, -0.2) is 9.97 Å². The molecule has 124 valence electrons. The highest BCUT2D eigenvalue weighted by Gasteiger charge is 2.29. The van der Waals surface area contributed by atoms with Crippen molar-refractivity contribution in [2.45, 2.75) is 44.2 Å². The average molecular weight is 340 g/mol. The zero-order valence-corrected chi connectivity index (χ0v) is 14.4. The van der Waals surface area contributed by atoms with E-state index in [4.69, 9.17) is 4.98 Å². The van der Waals surface area contributed by atoms with Gasteiger partial charge in [0.25, 0.3) is 0 Å². The van der Waals surface area contributed by atoms with E-state index in [1.165, 1.54) is 0 Å². The van der Waals surface area contributed by atoms with Crippen molar-refractivity contribution in [3.63, 3.8) is 0 Å². The molecule has 6 heteroatoms. The first kappa shape index (κ1) is 15.5. The van der Waals surface area contributed by atoms with Crippen LogP contribution in [0.5, 0.6) is 0 Å². The van der Waals surface area contributed by atoms with Gasteiger partial charge in [-0.15, -0.1) is 11.3 Å². The number of hydrogen-bond donors (Lipinski definition) is 2. The smallest absolute Gasteiger partial charge is 0.181 e. The number of anilines is 1. The third-order valence-corrected chi connectivity index (χ3v) is 5.43. The van der Waals surface area contributed by atoms with Crippen molar-refractivity contribution in [1.82, 2.24) is 15.0 Å². The highest BCUT2D eigenvalue weighted by Crippen LogP contribution is 2.32. The van der Waals surface area contributed by atoms with Crippen molar-refractivity contribution in [3.8, 4) is 11.5 Å². The standard InChI is InChI=1S/C18H20N4OS/c1-18(23)8-5-12(6-9-18)20-15-13-7-11-24-17(13)22-16(21-15)14-4-2-3-10-19-14/h2-4,7,10-12,23H,5-6,8-9H2,1H3,(H,20,21,22). The van der Waals surface area contributed by atoms with Gasteiger partial charge in [-0.05, 0) is 56.2 Å². The molecule has 0 atom stereocenters. The summed E-state index contributed by atoms with van der Waals surface area (Å²) in [5.41, 5.74) is 0.253.